The number of para-hydroxylation sites is 2. The average Bonchev–Trinajstić information content (AvgIpc) is 3.38. The summed E-state index contributed by atoms with van der Waals surface area (Å²) in [5.41, 5.74) is 7.77. The average molecular weight is 413 g/mol. The standard InChI is InChI=1S/C27H32N4/c1-6-31-19(5)24-12-9-11-23(18(4)28-25-13-8-7-10-22(25)17(2)3)26(24)29-27(31)30-15-20-14-21(20)16-30/h7-13,18,20-21,28H,2,5-6,14-16H2,1,3-4H3. The highest BCUT2D eigenvalue weighted by Crippen LogP contribution is 2.47. The summed E-state index contributed by atoms with van der Waals surface area (Å²) in [6.07, 6.45) is 1.39. The summed E-state index contributed by atoms with van der Waals surface area (Å²) >= 11 is 0. The van der Waals surface area contributed by atoms with Gasteiger partial charge in [0.15, 0.2) is 0 Å². The number of nitrogens with one attached hydrogen (secondary N) is 1. The number of hydrogen-bond acceptors (Lipinski definition) is 4. The van der Waals surface area contributed by atoms with Gasteiger partial charge in [0.2, 0.25) is 5.96 Å². The van der Waals surface area contributed by atoms with Gasteiger partial charge < -0.3 is 15.1 Å². The predicted octanol–water partition coefficient (Wildman–Crippen LogP) is 6.14. The van der Waals surface area contributed by atoms with Crippen LogP contribution < -0.4 is 5.32 Å². The third-order valence-corrected chi connectivity index (χ3v) is 6.96. The third kappa shape index (κ3) is 3.44. The lowest BCUT2D eigenvalue weighted by atomic mass is 9.97. The molecule has 0 amide bonds. The first-order valence-electron chi connectivity index (χ1n) is 11.4. The summed E-state index contributed by atoms with van der Waals surface area (Å²) in [6.45, 7) is 18.2. The van der Waals surface area contributed by atoms with Crippen molar-refractivity contribution in [3.63, 3.8) is 0 Å². The van der Waals surface area contributed by atoms with Gasteiger partial charge in [0.05, 0.1) is 11.7 Å². The topological polar surface area (TPSA) is 30.9 Å². The Hall–Kier alpha value is -3.01. The Balaban J connectivity index is 1.52. The van der Waals surface area contributed by atoms with Crippen molar-refractivity contribution < 1.29 is 0 Å². The van der Waals surface area contributed by atoms with Crippen LogP contribution in [0, 0.1) is 11.8 Å². The van der Waals surface area contributed by atoms with Crippen LogP contribution in [0.5, 0.6) is 0 Å². The number of fused-ring (bicyclic) bond motifs is 2. The molecule has 1 saturated carbocycles. The van der Waals surface area contributed by atoms with E-state index in [0.717, 1.165) is 71.2 Å². The zero-order chi connectivity index (χ0) is 21.7. The molecule has 4 nitrogen and oxygen atoms in total. The number of rotatable bonds is 5. The van der Waals surface area contributed by atoms with E-state index in [2.05, 4.69) is 91.5 Å². The molecule has 2 aromatic carbocycles. The second kappa shape index (κ2) is 7.60. The number of piperidine rings is 1. The van der Waals surface area contributed by atoms with Gasteiger partial charge in [-0.1, -0.05) is 49.6 Å². The summed E-state index contributed by atoms with van der Waals surface area (Å²) < 4.78 is 0. The molecule has 1 N–H and O–H groups in total. The molecule has 3 unspecified atom stereocenters. The lowest BCUT2D eigenvalue weighted by molar-refractivity contribution is 0.398. The maximum absolute atomic E-state index is 5.26. The van der Waals surface area contributed by atoms with E-state index >= 15 is 0 Å². The van der Waals surface area contributed by atoms with E-state index in [-0.39, 0.29) is 6.04 Å². The predicted molar refractivity (Wildman–Crippen MR) is 131 cm³/mol. The molecule has 2 fully saturated rings. The van der Waals surface area contributed by atoms with Crippen molar-refractivity contribution in [1.82, 2.24) is 9.80 Å². The summed E-state index contributed by atoms with van der Waals surface area (Å²) in [5, 5.41) is 3.71. The first-order chi connectivity index (χ1) is 15.0. The van der Waals surface area contributed by atoms with E-state index in [1.165, 1.54) is 12.0 Å². The molecule has 2 aliphatic heterocycles. The Morgan fingerprint density at radius 2 is 1.90 bits per heavy atom. The van der Waals surface area contributed by atoms with Crippen LogP contribution in [0.1, 0.15) is 49.9 Å². The quantitative estimate of drug-likeness (QED) is 0.640. The molecule has 160 valence electrons. The zero-order valence-corrected chi connectivity index (χ0v) is 18.9. The van der Waals surface area contributed by atoms with Gasteiger partial charge in [0.1, 0.15) is 0 Å². The van der Waals surface area contributed by atoms with E-state index in [4.69, 9.17) is 4.99 Å². The highest BCUT2D eigenvalue weighted by atomic mass is 15.4. The van der Waals surface area contributed by atoms with Crippen molar-refractivity contribution in [2.45, 2.75) is 33.2 Å². The smallest absolute Gasteiger partial charge is 0.206 e. The normalized spacial score (nSPS) is 22.5. The number of likely N-dealkylation sites (tertiary alicyclic amines) is 1. The van der Waals surface area contributed by atoms with Gasteiger partial charge in [-0.05, 0) is 56.2 Å². The van der Waals surface area contributed by atoms with Gasteiger partial charge in [-0.3, -0.25) is 0 Å². The Morgan fingerprint density at radius 3 is 2.61 bits per heavy atom. The molecule has 5 rings (SSSR count). The molecule has 1 aliphatic carbocycles. The van der Waals surface area contributed by atoms with Gasteiger partial charge >= 0.3 is 0 Å². The highest BCUT2D eigenvalue weighted by Gasteiger charge is 2.47. The maximum Gasteiger partial charge on any atom is 0.206 e. The van der Waals surface area contributed by atoms with Crippen LogP contribution in [-0.2, 0) is 0 Å². The first-order valence-corrected chi connectivity index (χ1v) is 11.4. The van der Waals surface area contributed by atoms with Crippen molar-refractivity contribution in [2.75, 3.05) is 25.0 Å². The van der Waals surface area contributed by atoms with Crippen LogP contribution >= 0.6 is 0 Å². The number of guanidine groups is 1. The number of anilines is 1. The Morgan fingerprint density at radius 1 is 1.16 bits per heavy atom. The minimum Gasteiger partial charge on any atom is -0.378 e. The molecule has 0 spiro atoms. The Bertz CT molecular complexity index is 1070. The van der Waals surface area contributed by atoms with E-state index < -0.39 is 0 Å². The SMILES string of the molecule is C=C(C)c1ccccc1NC(C)c1cccc2c1N=C(N1CC3CC3C1)N(CC)C2=C. The minimum absolute atomic E-state index is 0.105. The van der Waals surface area contributed by atoms with E-state index in [9.17, 15) is 0 Å². The Labute approximate surface area is 186 Å². The van der Waals surface area contributed by atoms with Crippen molar-refractivity contribution in [3.8, 4) is 0 Å². The number of benzene rings is 2. The molecule has 4 heteroatoms. The first kappa shape index (κ1) is 19.9. The largest absolute Gasteiger partial charge is 0.378 e. The van der Waals surface area contributed by atoms with Gasteiger partial charge in [0, 0.05) is 42.1 Å². The summed E-state index contributed by atoms with van der Waals surface area (Å²) in [6, 6.07) is 14.9. The summed E-state index contributed by atoms with van der Waals surface area (Å²) in [7, 11) is 0. The van der Waals surface area contributed by atoms with Gasteiger partial charge in [-0.25, -0.2) is 4.99 Å². The van der Waals surface area contributed by atoms with Crippen LogP contribution in [0.3, 0.4) is 0 Å². The van der Waals surface area contributed by atoms with Gasteiger partial charge in [-0.15, -0.1) is 0 Å². The molecule has 3 aliphatic rings. The third-order valence-electron chi connectivity index (χ3n) is 6.96. The fourth-order valence-electron chi connectivity index (χ4n) is 5.12. The molecule has 31 heavy (non-hydrogen) atoms. The van der Waals surface area contributed by atoms with Crippen molar-refractivity contribution in [3.05, 3.63) is 72.3 Å². The fourth-order valence-corrected chi connectivity index (χ4v) is 5.12. The van der Waals surface area contributed by atoms with E-state index in [1.54, 1.807) is 0 Å². The monoisotopic (exact) mass is 412 g/mol. The zero-order valence-electron chi connectivity index (χ0n) is 18.9. The maximum atomic E-state index is 5.26. The molecule has 2 aromatic rings. The van der Waals surface area contributed by atoms with Crippen LogP contribution in [0.25, 0.3) is 11.3 Å². The second-order valence-corrected chi connectivity index (χ2v) is 9.20. The van der Waals surface area contributed by atoms with E-state index in [1.807, 2.05) is 0 Å². The molecule has 3 atom stereocenters. The molecular weight excluding hydrogens is 380 g/mol. The lowest BCUT2D eigenvalue weighted by Gasteiger charge is -2.37. The molecule has 2 heterocycles. The fraction of sp³-hybridized carbons (Fsp3) is 0.370. The van der Waals surface area contributed by atoms with Crippen LogP contribution in [0.4, 0.5) is 11.4 Å². The number of nitrogens with zero attached hydrogens (tertiary/aromatic N) is 3. The van der Waals surface area contributed by atoms with Crippen LogP contribution in [-0.4, -0.2) is 35.4 Å². The minimum atomic E-state index is 0.105. The molecule has 0 radical (unpaired) electrons. The second-order valence-electron chi connectivity index (χ2n) is 9.20. The van der Waals surface area contributed by atoms with Crippen LogP contribution in [0.2, 0.25) is 0 Å². The van der Waals surface area contributed by atoms with Gasteiger partial charge in [-0.2, -0.15) is 0 Å². The van der Waals surface area contributed by atoms with Crippen LogP contribution in [0.15, 0.2) is 60.6 Å². The van der Waals surface area contributed by atoms with Crippen molar-refractivity contribution >= 4 is 28.6 Å². The molecular formula is C27H32N4. The van der Waals surface area contributed by atoms with Gasteiger partial charge in [0.25, 0.3) is 0 Å². The highest BCUT2D eigenvalue weighted by molar-refractivity contribution is 5.97. The lowest BCUT2D eigenvalue weighted by Crippen LogP contribution is -2.44. The molecule has 0 bridgehead atoms. The Kier molecular flexibility index (Phi) is 4.88. The number of hydrogen-bond donors (Lipinski definition) is 1. The summed E-state index contributed by atoms with van der Waals surface area (Å²) in [5.74, 6) is 2.81. The number of aliphatic imine (C=N–C) groups is 1. The summed E-state index contributed by atoms with van der Waals surface area (Å²) in [4.78, 5) is 10.0. The number of allylic oxidation sites excluding steroid dienone is 1. The van der Waals surface area contributed by atoms with Crippen molar-refractivity contribution in [1.29, 1.82) is 0 Å². The van der Waals surface area contributed by atoms with E-state index in [0.29, 0.717) is 0 Å². The molecule has 1 saturated heterocycles. The molecule has 0 aromatic heterocycles. The van der Waals surface area contributed by atoms with Crippen molar-refractivity contribution in [2.24, 2.45) is 16.8 Å².